The zero-order valence-corrected chi connectivity index (χ0v) is 8.31. The van der Waals surface area contributed by atoms with Crippen LogP contribution in [0.4, 0.5) is 0 Å². The Morgan fingerprint density at radius 1 is 1.56 bits per heavy atom. The van der Waals surface area contributed by atoms with Gasteiger partial charge in [0.15, 0.2) is 0 Å². The van der Waals surface area contributed by atoms with Gasteiger partial charge in [-0.25, -0.2) is 8.42 Å². The molecule has 0 spiro atoms. The van der Waals surface area contributed by atoms with E-state index in [1.165, 1.54) is 6.08 Å². The fourth-order valence-corrected chi connectivity index (χ4v) is 0.642. The van der Waals surface area contributed by atoms with Gasteiger partial charge in [-0.3, -0.25) is 0 Å². The predicted octanol–water partition coefficient (Wildman–Crippen LogP) is -2.54. The average molecular weight is 158 g/mol. The molecule has 0 unspecified atom stereocenters. The summed E-state index contributed by atoms with van der Waals surface area (Å²) in [7, 11) is -4.12. The van der Waals surface area contributed by atoms with Crippen molar-refractivity contribution >= 4 is 10.1 Å². The maximum atomic E-state index is 9.75. The molecule has 0 atom stereocenters. The summed E-state index contributed by atoms with van der Waals surface area (Å²) in [5, 5.41) is 0.660. The molecule has 0 saturated carbocycles. The van der Waals surface area contributed by atoms with E-state index in [1.807, 2.05) is 0 Å². The maximum Gasteiger partial charge on any atom is 1.00 e. The first-order valence-electron chi connectivity index (χ1n) is 2.18. The van der Waals surface area contributed by atoms with E-state index < -0.39 is 10.1 Å². The molecule has 9 heavy (non-hydrogen) atoms. The van der Waals surface area contributed by atoms with Crippen molar-refractivity contribution in [3.63, 3.8) is 0 Å². The Morgan fingerprint density at radius 3 is 2.11 bits per heavy atom. The van der Waals surface area contributed by atoms with Gasteiger partial charge in [0.05, 0.1) is 0 Å². The van der Waals surface area contributed by atoms with Crippen molar-refractivity contribution in [2.75, 3.05) is 0 Å². The van der Waals surface area contributed by atoms with Crippen LogP contribution < -0.4 is 29.6 Å². The summed E-state index contributed by atoms with van der Waals surface area (Å²) < 4.78 is 29.2. The van der Waals surface area contributed by atoms with Crippen LogP contribution in [0.15, 0.2) is 11.5 Å². The molecule has 0 N–H and O–H groups in total. The summed E-state index contributed by atoms with van der Waals surface area (Å²) in [4.78, 5) is 0. The number of hydrogen-bond acceptors (Lipinski definition) is 3. The van der Waals surface area contributed by atoms with Gasteiger partial charge in [0, 0.05) is 5.41 Å². The average Bonchev–Trinajstić information content (AvgIpc) is 1.59. The van der Waals surface area contributed by atoms with E-state index >= 15 is 0 Å². The van der Waals surface area contributed by atoms with Crippen molar-refractivity contribution < 1.29 is 42.5 Å². The molecule has 5 heteroatoms. The minimum Gasteiger partial charge on any atom is -0.744 e. The first-order valence-corrected chi connectivity index (χ1v) is 3.66. The molecule has 0 heterocycles. The van der Waals surface area contributed by atoms with Gasteiger partial charge in [0.25, 0.3) is 0 Å². The Hall–Kier alpha value is 0.650. The Morgan fingerprint density at radius 2 is 2.00 bits per heavy atom. The van der Waals surface area contributed by atoms with Crippen LogP contribution in [0.3, 0.4) is 0 Å². The van der Waals surface area contributed by atoms with Crippen LogP contribution in [-0.4, -0.2) is 13.0 Å². The Balaban J connectivity index is 0. The zero-order chi connectivity index (χ0) is 6.62. The van der Waals surface area contributed by atoms with Gasteiger partial charge >= 0.3 is 29.6 Å². The van der Waals surface area contributed by atoms with Crippen LogP contribution in [0, 0.1) is 0 Å². The van der Waals surface area contributed by atoms with Gasteiger partial charge in [0.1, 0.15) is 10.1 Å². The van der Waals surface area contributed by atoms with Crippen LogP contribution >= 0.6 is 0 Å². The molecule has 0 fully saturated rings. The molecule has 0 radical (unpaired) electrons. The third kappa shape index (κ3) is 12.0. The molecule has 0 aliphatic heterocycles. The van der Waals surface area contributed by atoms with E-state index in [-0.39, 0.29) is 29.6 Å². The predicted molar refractivity (Wildman–Crippen MR) is 29.1 cm³/mol. The third-order valence-electron chi connectivity index (χ3n) is 0.499. The SMILES string of the molecule is CC/C=C\S(=O)(=O)[O-].[Na+]. The van der Waals surface area contributed by atoms with Crippen LogP contribution in [0.2, 0.25) is 0 Å². The molecule has 3 nitrogen and oxygen atoms in total. The summed E-state index contributed by atoms with van der Waals surface area (Å²) >= 11 is 0. The second kappa shape index (κ2) is 5.44. The quantitative estimate of drug-likeness (QED) is 0.328. The van der Waals surface area contributed by atoms with Gasteiger partial charge in [0.2, 0.25) is 0 Å². The summed E-state index contributed by atoms with van der Waals surface area (Å²) in [6, 6.07) is 0. The summed E-state index contributed by atoms with van der Waals surface area (Å²) in [5.74, 6) is 0. The molecular formula is C4H7NaO3S. The molecule has 0 amide bonds. The molecule has 0 saturated heterocycles. The molecule has 0 aliphatic rings. The maximum absolute atomic E-state index is 9.75. The Kier molecular flexibility index (Phi) is 7.45. The molecule has 0 aliphatic carbocycles. The Bertz CT molecular complexity index is 170. The molecule has 0 aromatic carbocycles. The fourth-order valence-electron chi connectivity index (χ4n) is 0.214. The van der Waals surface area contributed by atoms with Crippen molar-refractivity contribution in [2.45, 2.75) is 13.3 Å². The minimum absolute atomic E-state index is 0. The topological polar surface area (TPSA) is 57.2 Å². The van der Waals surface area contributed by atoms with Gasteiger partial charge in [-0.2, -0.15) is 0 Å². The molecular weight excluding hydrogens is 151 g/mol. The van der Waals surface area contributed by atoms with E-state index in [2.05, 4.69) is 0 Å². The molecule has 0 aromatic rings. The number of hydrogen-bond donors (Lipinski definition) is 0. The first kappa shape index (κ1) is 12.3. The van der Waals surface area contributed by atoms with Gasteiger partial charge < -0.3 is 4.55 Å². The minimum atomic E-state index is -4.12. The van der Waals surface area contributed by atoms with Crippen molar-refractivity contribution in [3.8, 4) is 0 Å². The van der Waals surface area contributed by atoms with Crippen molar-refractivity contribution in [1.82, 2.24) is 0 Å². The first-order chi connectivity index (χ1) is 3.56. The summed E-state index contributed by atoms with van der Waals surface area (Å²) in [6.45, 7) is 1.75. The van der Waals surface area contributed by atoms with E-state index in [4.69, 9.17) is 0 Å². The van der Waals surface area contributed by atoms with E-state index in [1.54, 1.807) is 6.92 Å². The van der Waals surface area contributed by atoms with Crippen molar-refractivity contribution in [2.24, 2.45) is 0 Å². The number of allylic oxidation sites excluding steroid dienone is 1. The van der Waals surface area contributed by atoms with Crippen LogP contribution in [0.1, 0.15) is 13.3 Å². The van der Waals surface area contributed by atoms with Crippen molar-refractivity contribution in [3.05, 3.63) is 11.5 Å². The molecule has 0 aromatic heterocycles. The van der Waals surface area contributed by atoms with E-state index in [0.717, 1.165) is 0 Å². The standard InChI is InChI=1S/C4H8O3S.Na/c1-2-3-4-8(5,6)7;/h3-4H,2H2,1H3,(H,5,6,7);/q;+1/p-1/b4-3-;. The zero-order valence-electron chi connectivity index (χ0n) is 5.49. The van der Waals surface area contributed by atoms with E-state index in [9.17, 15) is 13.0 Å². The van der Waals surface area contributed by atoms with Gasteiger partial charge in [-0.05, 0) is 6.42 Å². The van der Waals surface area contributed by atoms with Gasteiger partial charge in [-0.1, -0.05) is 13.0 Å². The monoisotopic (exact) mass is 158 g/mol. The van der Waals surface area contributed by atoms with Crippen LogP contribution in [0.5, 0.6) is 0 Å². The second-order valence-corrected chi connectivity index (χ2v) is 2.53. The third-order valence-corrected chi connectivity index (χ3v) is 1.02. The normalized spacial score (nSPS) is 11.3. The Labute approximate surface area is 77.2 Å². The molecule has 0 rings (SSSR count). The molecule has 48 valence electrons. The number of rotatable bonds is 2. The smallest absolute Gasteiger partial charge is 0.744 e. The largest absolute Gasteiger partial charge is 1.00 e. The van der Waals surface area contributed by atoms with E-state index in [0.29, 0.717) is 11.8 Å². The fraction of sp³-hybridized carbons (Fsp3) is 0.500. The van der Waals surface area contributed by atoms with Crippen LogP contribution in [0.25, 0.3) is 0 Å². The second-order valence-electron chi connectivity index (χ2n) is 1.27. The van der Waals surface area contributed by atoms with Crippen LogP contribution in [-0.2, 0) is 10.1 Å². The summed E-state index contributed by atoms with van der Waals surface area (Å²) in [5.41, 5.74) is 0. The van der Waals surface area contributed by atoms with Gasteiger partial charge in [-0.15, -0.1) is 0 Å². The molecule has 0 bridgehead atoms. The summed E-state index contributed by atoms with van der Waals surface area (Å²) in [6.07, 6.45) is 1.88. The van der Waals surface area contributed by atoms with Crippen molar-refractivity contribution in [1.29, 1.82) is 0 Å².